The Labute approximate surface area is 114 Å². The monoisotopic (exact) mass is 282 g/mol. The van der Waals surface area contributed by atoms with E-state index in [1.165, 1.54) is 24.3 Å². The van der Waals surface area contributed by atoms with Gasteiger partial charge in [-0.05, 0) is 18.4 Å². The molecule has 4 N–H and O–H groups in total. The van der Waals surface area contributed by atoms with Gasteiger partial charge in [0.1, 0.15) is 6.04 Å². The maximum atomic E-state index is 11.1. The number of benzene rings is 1. The molecular weight excluding hydrogens is 268 g/mol. The number of carboxylic acid groups (broad SMARTS) is 2. The molecule has 8 nitrogen and oxygen atoms in total. The number of rotatable bonds is 7. The normalized spacial score (nSPS) is 13.4. The number of nitrogens with two attached hydrogens (primary N) is 1. The molecule has 0 radical (unpaired) electrons. The maximum Gasteiger partial charge on any atom is 0.320 e. The van der Waals surface area contributed by atoms with Crippen LogP contribution < -0.4 is 5.73 Å². The third kappa shape index (κ3) is 4.32. The number of carboxylic acids is 2. The number of hydrogen-bond acceptors (Lipinski definition) is 5. The molecule has 0 spiro atoms. The van der Waals surface area contributed by atoms with Crippen molar-refractivity contribution in [2.24, 2.45) is 11.7 Å². The van der Waals surface area contributed by atoms with Crippen molar-refractivity contribution in [3.63, 3.8) is 0 Å². The second kappa shape index (κ2) is 6.62. The highest BCUT2D eigenvalue weighted by molar-refractivity contribution is 5.76. The Morgan fingerprint density at radius 1 is 1.20 bits per heavy atom. The van der Waals surface area contributed by atoms with Crippen LogP contribution in [0.5, 0.6) is 0 Å². The van der Waals surface area contributed by atoms with Crippen LogP contribution in [0.15, 0.2) is 24.3 Å². The molecule has 2 atom stereocenters. The summed E-state index contributed by atoms with van der Waals surface area (Å²) in [7, 11) is 0. The van der Waals surface area contributed by atoms with Crippen LogP contribution in [-0.2, 0) is 16.0 Å². The van der Waals surface area contributed by atoms with Crippen molar-refractivity contribution in [1.29, 1.82) is 0 Å². The minimum atomic E-state index is -1.26. The van der Waals surface area contributed by atoms with Gasteiger partial charge < -0.3 is 15.9 Å². The van der Waals surface area contributed by atoms with E-state index in [0.29, 0.717) is 5.56 Å². The lowest BCUT2D eigenvalue weighted by molar-refractivity contribution is -0.384. The Morgan fingerprint density at radius 3 is 2.15 bits per heavy atom. The molecule has 0 aromatic heterocycles. The highest BCUT2D eigenvalue weighted by Gasteiger charge is 2.24. The van der Waals surface area contributed by atoms with Crippen LogP contribution in [0.4, 0.5) is 5.69 Å². The first-order valence-corrected chi connectivity index (χ1v) is 5.75. The Balaban J connectivity index is 2.77. The summed E-state index contributed by atoms with van der Waals surface area (Å²) in [6.45, 7) is 0. The lowest BCUT2D eigenvalue weighted by atomic mass is 9.93. The molecule has 0 bridgehead atoms. The predicted octanol–water partition coefficient (Wildman–Crippen LogP) is 0.640. The van der Waals surface area contributed by atoms with Gasteiger partial charge in [0.2, 0.25) is 0 Å². The zero-order chi connectivity index (χ0) is 15.3. The Morgan fingerprint density at radius 2 is 1.75 bits per heavy atom. The highest BCUT2D eigenvalue weighted by atomic mass is 16.6. The largest absolute Gasteiger partial charge is 0.481 e. The molecular formula is C12H14N2O6. The number of carbonyl (C=O) groups is 2. The van der Waals surface area contributed by atoms with Crippen LogP contribution in [0.1, 0.15) is 12.0 Å². The minimum absolute atomic E-state index is 0.0638. The molecule has 1 rings (SSSR count). The van der Waals surface area contributed by atoms with Crippen LogP contribution in [-0.4, -0.2) is 33.1 Å². The highest BCUT2D eigenvalue weighted by Crippen LogP contribution is 2.18. The maximum absolute atomic E-state index is 11.1. The Bertz CT molecular complexity index is 513. The molecule has 1 aromatic carbocycles. The number of aliphatic carboxylic acids is 2. The summed E-state index contributed by atoms with van der Waals surface area (Å²) < 4.78 is 0. The van der Waals surface area contributed by atoms with E-state index in [1.54, 1.807) is 0 Å². The molecule has 0 aliphatic rings. The van der Waals surface area contributed by atoms with E-state index in [1.807, 2.05) is 0 Å². The molecule has 0 amide bonds. The van der Waals surface area contributed by atoms with E-state index in [0.717, 1.165) is 0 Å². The van der Waals surface area contributed by atoms with Gasteiger partial charge in [0, 0.05) is 12.1 Å². The fraction of sp³-hybridized carbons (Fsp3) is 0.333. The lowest BCUT2D eigenvalue weighted by Gasteiger charge is -2.14. The SMILES string of the molecule is N[C@H](C[C@@H](Cc1ccc([N+](=O)[O-])cc1)C(=O)O)C(=O)O. The number of nitro benzene ring substituents is 1. The summed E-state index contributed by atoms with van der Waals surface area (Å²) in [6.07, 6.45) is -0.143. The van der Waals surface area contributed by atoms with Crippen molar-refractivity contribution in [1.82, 2.24) is 0 Å². The molecule has 0 saturated heterocycles. The Hall–Kier alpha value is -2.48. The summed E-state index contributed by atoms with van der Waals surface area (Å²) >= 11 is 0. The van der Waals surface area contributed by atoms with Gasteiger partial charge >= 0.3 is 11.9 Å². The summed E-state index contributed by atoms with van der Waals surface area (Å²) in [6, 6.07) is 4.17. The number of hydrogen-bond donors (Lipinski definition) is 3. The third-order valence-corrected chi connectivity index (χ3v) is 2.83. The molecule has 0 unspecified atom stereocenters. The summed E-state index contributed by atoms with van der Waals surface area (Å²) in [5.74, 6) is -3.37. The van der Waals surface area contributed by atoms with Crippen LogP contribution >= 0.6 is 0 Å². The average Bonchev–Trinajstić information content (AvgIpc) is 2.38. The third-order valence-electron chi connectivity index (χ3n) is 2.83. The van der Waals surface area contributed by atoms with Gasteiger partial charge in [-0.3, -0.25) is 19.7 Å². The molecule has 108 valence electrons. The Kier molecular flexibility index (Phi) is 5.15. The molecule has 0 saturated carbocycles. The summed E-state index contributed by atoms with van der Waals surface area (Å²) in [4.78, 5) is 31.7. The predicted molar refractivity (Wildman–Crippen MR) is 68.2 cm³/mol. The number of nitro groups is 1. The summed E-state index contributed by atoms with van der Waals surface area (Å²) in [5, 5.41) is 28.2. The van der Waals surface area contributed by atoms with E-state index < -0.39 is 28.8 Å². The van der Waals surface area contributed by atoms with Gasteiger partial charge in [-0.2, -0.15) is 0 Å². The standard InChI is InChI=1S/C12H14N2O6/c13-10(12(17)18)6-8(11(15)16)5-7-1-3-9(4-2-7)14(19)20/h1-4,8,10H,5-6,13H2,(H,15,16)(H,17,18)/t8-,10-/m1/s1. The van der Waals surface area contributed by atoms with Crippen LogP contribution in [0, 0.1) is 16.0 Å². The van der Waals surface area contributed by atoms with Crippen molar-refractivity contribution < 1.29 is 24.7 Å². The van der Waals surface area contributed by atoms with Crippen molar-refractivity contribution in [2.45, 2.75) is 18.9 Å². The van der Waals surface area contributed by atoms with Gasteiger partial charge in [-0.25, -0.2) is 0 Å². The van der Waals surface area contributed by atoms with Crippen molar-refractivity contribution in [3.05, 3.63) is 39.9 Å². The van der Waals surface area contributed by atoms with E-state index >= 15 is 0 Å². The first-order valence-electron chi connectivity index (χ1n) is 5.75. The van der Waals surface area contributed by atoms with Crippen LogP contribution in [0.3, 0.4) is 0 Å². The number of nitrogens with zero attached hydrogens (tertiary/aromatic N) is 1. The second-order valence-electron chi connectivity index (χ2n) is 4.34. The van der Waals surface area contributed by atoms with Gasteiger partial charge in [0.05, 0.1) is 10.8 Å². The molecule has 20 heavy (non-hydrogen) atoms. The molecule has 0 fully saturated rings. The number of non-ortho nitro benzene ring substituents is 1. The van der Waals surface area contributed by atoms with Gasteiger partial charge in [0.25, 0.3) is 5.69 Å². The van der Waals surface area contributed by atoms with Gasteiger partial charge in [0.15, 0.2) is 0 Å². The minimum Gasteiger partial charge on any atom is -0.481 e. The van der Waals surface area contributed by atoms with Crippen molar-refractivity contribution in [3.8, 4) is 0 Å². The second-order valence-corrected chi connectivity index (χ2v) is 4.34. The first-order chi connectivity index (χ1) is 9.31. The van der Waals surface area contributed by atoms with Crippen molar-refractivity contribution in [2.75, 3.05) is 0 Å². The van der Waals surface area contributed by atoms with Gasteiger partial charge in [-0.1, -0.05) is 12.1 Å². The van der Waals surface area contributed by atoms with E-state index in [9.17, 15) is 19.7 Å². The van der Waals surface area contributed by atoms with E-state index in [2.05, 4.69) is 0 Å². The van der Waals surface area contributed by atoms with Crippen LogP contribution in [0.25, 0.3) is 0 Å². The van der Waals surface area contributed by atoms with Gasteiger partial charge in [-0.15, -0.1) is 0 Å². The fourth-order valence-corrected chi connectivity index (χ4v) is 1.72. The molecule has 0 aliphatic heterocycles. The zero-order valence-corrected chi connectivity index (χ0v) is 10.4. The lowest BCUT2D eigenvalue weighted by Crippen LogP contribution is -2.35. The first kappa shape index (κ1) is 15.6. The quantitative estimate of drug-likeness (QED) is 0.491. The zero-order valence-electron chi connectivity index (χ0n) is 10.4. The molecule has 1 aromatic rings. The molecule has 0 heterocycles. The average molecular weight is 282 g/mol. The van der Waals surface area contributed by atoms with Crippen molar-refractivity contribution >= 4 is 17.6 Å². The molecule has 8 heteroatoms. The molecule has 0 aliphatic carbocycles. The smallest absolute Gasteiger partial charge is 0.320 e. The van der Waals surface area contributed by atoms with E-state index in [-0.39, 0.29) is 18.5 Å². The topological polar surface area (TPSA) is 144 Å². The van der Waals surface area contributed by atoms with E-state index in [4.69, 9.17) is 15.9 Å². The fourth-order valence-electron chi connectivity index (χ4n) is 1.72. The van der Waals surface area contributed by atoms with Crippen LogP contribution in [0.2, 0.25) is 0 Å². The summed E-state index contributed by atoms with van der Waals surface area (Å²) in [5.41, 5.74) is 5.80.